The SMILES string of the molecule is CN(C)c1ncccc1O[C@H]1CCN(C(=O)C[C@@H]2CCCCO2)C1. The summed E-state index contributed by atoms with van der Waals surface area (Å²) >= 11 is 0. The van der Waals surface area contributed by atoms with Crippen LogP contribution in [0.15, 0.2) is 18.3 Å². The van der Waals surface area contributed by atoms with E-state index in [-0.39, 0.29) is 18.1 Å². The second-order valence-corrected chi connectivity index (χ2v) is 6.78. The van der Waals surface area contributed by atoms with Crippen molar-refractivity contribution in [2.75, 3.05) is 38.7 Å². The third kappa shape index (κ3) is 4.17. The lowest BCUT2D eigenvalue weighted by Crippen LogP contribution is -2.34. The molecule has 2 atom stereocenters. The zero-order valence-electron chi connectivity index (χ0n) is 14.6. The van der Waals surface area contributed by atoms with Gasteiger partial charge in [-0.25, -0.2) is 4.98 Å². The molecule has 6 nitrogen and oxygen atoms in total. The molecule has 2 aliphatic heterocycles. The van der Waals surface area contributed by atoms with E-state index in [1.807, 2.05) is 36.0 Å². The Balaban J connectivity index is 1.53. The minimum Gasteiger partial charge on any atom is -0.485 e. The quantitative estimate of drug-likeness (QED) is 0.826. The Kier molecular flexibility index (Phi) is 5.56. The normalized spacial score (nSPS) is 24.0. The fourth-order valence-corrected chi connectivity index (χ4v) is 3.33. The van der Waals surface area contributed by atoms with Gasteiger partial charge in [0.2, 0.25) is 5.91 Å². The number of hydrogen-bond donors (Lipinski definition) is 0. The summed E-state index contributed by atoms with van der Waals surface area (Å²) in [6, 6.07) is 3.81. The lowest BCUT2D eigenvalue weighted by molar-refractivity contribution is -0.134. The number of aromatic nitrogens is 1. The topological polar surface area (TPSA) is 54.9 Å². The van der Waals surface area contributed by atoms with E-state index in [1.54, 1.807) is 6.20 Å². The zero-order valence-corrected chi connectivity index (χ0v) is 14.6. The standard InChI is InChI=1S/C18H27N3O3/c1-20(2)18-16(7-5-9-19-18)24-15-8-10-21(13-15)17(22)12-14-6-3-4-11-23-14/h5,7,9,14-15H,3-4,6,8,10-13H2,1-2H3/t14-,15-/m0/s1. The molecular weight excluding hydrogens is 306 g/mol. The summed E-state index contributed by atoms with van der Waals surface area (Å²) in [6.45, 7) is 2.19. The molecule has 2 fully saturated rings. The first-order valence-corrected chi connectivity index (χ1v) is 8.82. The molecule has 0 bridgehead atoms. The van der Waals surface area contributed by atoms with Gasteiger partial charge in [0.1, 0.15) is 6.10 Å². The van der Waals surface area contributed by atoms with Crippen molar-refractivity contribution in [3.05, 3.63) is 18.3 Å². The van der Waals surface area contributed by atoms with Crippen molar-refractivity contribution in [1.82, 2.24) is 9.88 Å². The molecule has 2 aliphatic rings. The molecule has 1 aromatic rings. The molecule has 0 saturated carbocycles. The maximum absolute atomic E-state index is 12.5. The number of ether oxygens (including phenoxy) is 2. The molecule has 2 saturated heterocycles. The number of nitrogens with zero attached hydrogens (tertiary/aromatic N) is 3. The van der Waals surface area contributed by atoms with Crippen molar-refractivity contribution < 1.29 is 14.3 Å². The van der Waals surface area contributed by atoms with Gasteiger partial charge >= 0.3 is 0 Å². The lowest BCUT2D eigenvalue weighted by atomic mass is 10.1. The molecule has 0 aliphatic carbocycles. The Morgan fingerprint density at radius 3 is 3.04 bits per heavy atom. The predicted molar refractivity (Wildman–Crippen MR) is 92.4 cm³/mol. The van der Waals surface area contributed by atoms with Gasteiger partial charge in [0.25, 0.3) is 0 Å². The summed E-state index contributed by atoms with van der Waals surface area (Å²) in [4.78, 5) is 20.7. The van der Waals surface area contributed by atoms with E-state index in [2.05, 4.69) is 4.98 Å². The molecule has 1 amide bonds. The number of hydrogen-bond acceptors (Lipinski definition) is 5. The van der Waals surface area contributed by atoms with Crippen LogP contribution in [0.4, 0.5) is 5.82 Å². The molecule has 0 spiro atoms. The van der Waals surface area contributed by atoms with Gasteiger partial charge in [-0.15, -0.1) is 0 Å². The van der Waals surface area contributed by atoms with Crippen molar-refractivity contribution in [3.63, 3.8) is 0 Å². The summed E-state index contributed by atoms with van der Waals surface area (Å²) in [7, 11) is 3.90. The van der Waals surface area contributed by atoms with E-state index in [0.29, 0.717) is 13.0 Å². The summed E-state index contributed by atoms with van der Waals surface area (Å²) < 4.78 is 11.8. The Morgan fingerprint density at radius 2 is 2.29 bits per heavy atom. The number of anilines is 1. The molecule has 1 aromatic heterocycles. The number of carbonyl (C=O) groups excluding carboxylic acids is 1. The largest absolute Gasteiger partial charge is 0.485 e. The van der Waals surface area contributed by atoms with Gasteiger partial charge in [-0.1, -0.05) is 0 Å². The molecule has 132 valence electrons. The number of likely N-dealkylation sites (tertiary alicyclic amines) is 1. The molecule has 0 unspecified atom stereocenters. The highest BCUT2D eigenvalue weighted by molar-refractivity contribution is 5.77. The van der Waals surface area contributed by atoms with E-state index >= 15 is 0 Å². The highest BCUT2D eigenvalue weighted by Crippen LogP contribution is 2.27. The maximum Gasteiger partial charge on any atom is 0.225 e. The van der Waals surface area contributed by atoms with Crippen LogP contribution in [0.1, 0.15) is 32.1 Å². The minimum absolute atomic E-state index is 0.0316. The number of pyridine rings is 1. The smallest absolute Gasteiger partial charge is 0.225 e. The van der Waals surface area contributed by atoms with Crippen LogP contribution in [0.25, 0.3) is 0 Å². The first-order chi connectivity index (χ1) is 11.6. The van der Waals surface area contributed by atoms with Crippen LogP contribution in [0, 0.1) is 0 Å². The molecule has 0 N–H and O–H groups in total. The van der Waals surface area contributed by atoms with Crippen LogP contribution in [0.2, 0.25) is 0 Å². The highest BCUT2D eigenvalue weighted by Gasteiger charge is 2.30. The highest BCUT2D eigenvalue weighted by atomic mass is 16.5. The van der Waals surface area contributed by atoms with Gasteiger partial charge in [-0.05, 0) is 31.4 Å². The monoisotopic (exact) mass is 333 g/mol. The van der Waals surface area contributed by atoms with Gasteiger partial charge in [0.15, 0.2) is 11.6 Å². The fourth-order valence-electron chi connectivity index (χ4n) is 3.33. The summed E-state index contributed by atoms with van der Waals surface area (Å²) in [6.07, 6.45) is 6.54. The molecule has 3 rings (SSSR count). The van der Waals surface area contributed by atoms with Crippen LogP contribution in [0.3, 0.4) is 0 Å². The summed E-state index contributed by atoms with van der Waals surface area (Å²) in [5.41, 5.74) is 0. The number of amides is 1. The molecule has 0 aromatic carbocycles. The van der Waals surface area contributed by atoms with Gasteiger partial charge in [-0.3, -0.25) is 4.79 Å². The van der Waals surface area contributed by atoms with Crippen LogP contribution in [-0.2, 0) is 9.53 Å². The van der Waals surface area contributed by atoms with Crippen molar-refractivity contribution >= 4 is 11.7 Å². The lowest BCUT2D eigenvalue weighted by Gasteiger charge is -2.25. The Hall–Kier alpha value is -1.82. The molecule has 3 heterocycles. The average molecular weight is 333 g/mol. The van der Waals surface area contributed by atoms with Crippen LogP contribution >= 0.6 is 0 Å². The van der Waals surface area contributed by atoms with Gasteiger partial charge < -0.3 is 19.3 Å². The van der Waals surface area contributed by atoms with E-state index in [1.165, 1.54) is 0 Å². The van der Waals surface area contributed by atoms with Crippen molar-refractivity contribution in [2.45, 2.75) is 44.3 Å². The molecular formula is C18H27N3O3. The number of carbonyl (C=O) groups is 1. The third-order valence-corrected chi connectivity index (χ3v) is 4.64. The zero-order chi connectivity index (χ0) is 16.9. The molecule has 0 radical (unpaired) electrons. The Labute approximate surface area is 143 Å². The van der Waals surface area contributed by atoms with Crippen molar-refractivity contribution in [2.24, 2.45) is 0 Å². The van der Waals surface area contributed by atoms with Crippen molar-refractivity contribution in [3.8, 4) is 5.75 Å². The Morgan fingerprint density at radius 1 is 1.42 bits per heavy atom. The van der Waals surface area contributed by atoms with Gasteiger partial charge in [0, 0.05) is 39.9 Å². The minimum atomic E-state index is 0.0316. The second kappa shape index (κ2) is 7.83. The first-order valence-electron chi connectivity index (χ1n) is 8.82. The average Bonchev–Trinajstić information content (AvgIpc) is 3.05. The fraction of sp³-hybridized carbons (Fsp3) is 0.667. The predicted octanol–water partition coefficient (Wildman–Crippen LogP) is 2.09. The van der Waals surface area contributed by atoms with E-state index in [4.69, 9.17) is 9.47 Å². The summed E-state index contributed by atoms with van der Waals surface area (Å²) in [5, 5.41) is 0. The van der Waals surface area contributed by atoms with Gasteiger partial charge in [-0.2, -0.15) is 0 Å². The van der Waals surface area contributed by atoms with Crippen LogP contribution < -0.4 is 9.64 Å². The van der Waals surface area contributed by atoms with Crippen molar-refractivity contribution in [1.29, 1.82) is 0 Å². The van der Waals surface area contributed by atoms with Crippen LogP contribution in [-0.4, -0.2) is 61.8 Å². The van der Waals surface area contributed by atoms with Gasteiger partial charge in [0.05, 0.1) is 19.1 Å². The number of rotatable bonds is 5. The van der Waals surface area contributed by atoms with E-state index in [0.717, 1.165) is 50.4 Å². The second-order valence-electron chi connectivity index (χ2n) is 6.78. The van der Waals surface area contributed by atoms with E-state index in [9.17, 15) is 4.79 Å². The molecule has 6 heteroatoms. The Bertz CT molecular complexity index is 558. The van der Waals surface area contributed by atoms with E-state index < -0.39 is 0 Å². The third-order valence-electron chi connectivity index (χ3n) is 4.64. The molecule has 24 heavy (non-hydrogen) atoms. The maximum atomic E-state index is 12.5. The first kappa shape index (κ1) is 17.0. The van der Waals surface area contributed by atoms with Crippen LogP contribution in [0.5, 0.6) is 5.75 Å². The summed E-state index contributed by atoms with van der Waals surface area (Å²) in [5.74, 6) is 1.78.